The number of imide groups is 1. The van der Waals surface area contributed by atoms with Crippen LogP contribution in [0.4, 0.5) is 4.79 Å². The highest BCUT2D eigenvalue weighted by molar-refractivity contribution is 5.94. The molecule has 2 aromatic rings. The number of hydrogen-bond donors (Lipinski definition) is 1. The second-order valence-electron chi connectivity index (χ2n) is 7.67. The fourth-order valence-electron chi connectivity index (χ4n) is 3.56. The zero-order valence-corrected chi connectivity index (χ0v) is 17.3. The van der Waals surface area contributed by atoms with Crippen molar-refractivity contribution in [2.75, 3.05) is 13.2 Å². The van der Waals surface area contributed by atoms with Crippen molar-refractivity contribution < 1.29 is 24.2 Å². The highest BCUT2D eigenvalue weighted by Gasteiger charge is 2.41. The molecule has 1 saturated heterocycles. The molecule has 1 aliphatic heterocycles. The van der Waals surface area contributed by atoms with Gasteiger partial charge in [0.2, 0.25) is 5.91 Å². The summed E-state index contributed by atoms with van der Waals surface area (Å²) in [6.45, 7) is 2.85. The molecule has 0 saturated carbocycles. The maximum Gasteiger partial charge on any atom is 0.416 e. The predicted octanol–water partition coefficient (Wildman–Crippen LogP) is 3.57. The molecule has 2 aromatic carbocycles. The van der Waals surface area contributed by atoms with E-state index in [0.29, 0.717) is 32.5 Å². The van der Waals surface area contributed by atoms with Crippen molar-refractivity contribution >= 4 is 12.0 Å². The Labute approximate surface area is 177 Å². The van der Waals surface area contributed by atoms with E-state index in [-0.39, 0.29) is 12.6 Å². The third kappa shape index (κ3) is 5.90. The third-order valence-corrected chi connectivity index (χ3v) is 5.38. The van der Waals surface area contributed by atoms with Crippen LogP contribution in [0, 0.1) is 5.92 Å². The van der Waals surface area contributed by atoms with Gasteiger partial charge in [-0.1, -0.05) is 67.6 Å². The highest BCUT2D eigenvalue weighted by atomic mass is 16.6. The second-order valence-corrected chi connectivity index (χ2v) is 7.67. The minimum Gasteiger partial charge on any atom is -0.447 e. The second kappa shape index (κ2) is 10.9. The van der Waals surface area contributed by atoms with Crippen molar-refractivity contribution in [2.24, 2.45) is 5.92 Å². The van der Waals surface area contributed by atoms with Gasteiger partial charge in [0.05, 0.1) is 24.7 Å². The Bertz CT molecular complexity index is 811. The fraction of sp³-hybridized carbons (Fsp3) is 0.417. The number of aliphatic hydroxyl groups is 1. The smallest absolute Gasteiger partial charge is 0.416 e. The van der Waals surface area contributed by atoms with Gasteiger partial charge in [0.15, 0.2) is 0 Å². The Morgan fingerprint density at radius 1 is 1.13 bits per heavy atom. The zero-order chi connectivity index (χ0) is 21.3. The summed E-state index contributed by atoms with van der Waals surface area (Å²) in [5.41, 5.74) is 2.13. The molecule has 160 valence electrons. The minimum absolute atomic E-state index is 0.176. The number of hydrogen-bond acceptors (Lipinski definition) is 5. The molecule has 0 radical (unpaired) electrons. The molecular weight excluding hydrogens is 382 g/mol. The molecule has 0 aliphatic carbocycles. The lowest BCUT2D eigenvalue weighted by Crippen LogP contribution is -2.45. The van der Waals surface area contributed by atoms with E-state index >= 15 is 0 Å². The van der Waals surface area contributed by atoms with E-state index in [1.54, 1.807) is 6.92 Å². The van der Waals surface area contributed by atoms with Crippen LogP contribution in [0.5, 0.6) is 0 Å². The van der Waals surface area contributed by atoms with Crippen LogP contribution in [0.3, 0.4) is 0 Å². The van der Waals surface area contributed by atoms with Crippen molar-refractivity contribution in [3.8, 4) is 0 Å². The summed E-state index contributed by atoms with van der Waals surface area (Å²) in [5, 5.41) is 10.5. The SMILES string of the molecule is C[C@@H](C(=O)N1C(=O)OC[C@H]1Cc1ccccc1)[C@H](O)CCCOCc1ccccc1. The quantitative estimate of drug-likeness (QED) is 0.605. The lowest BCUT2D eigenvalue weighted by Gasteiger charge is -2.25. The van der Waals surface area contributed by atoms with Crippen molar-refractivity contribution in [3.63, 3.8) is 0 Å². The van der Waals surface area contributed by atoms with Crippen LogP contribution in [0.15, 0.2) is 60.7 Å². The molecule has 3 atom stereocenters. The van der Waals surface area contributed by atoms with Crippen molar-refractivity contribution in [3.05, 3.63) is 71.8 Å². The summed E-state index contributed by atoms with van der Waals surface area (Å²) >= 11 is 0. The average molecular weight is 411 g/mol. The van der Waals surface area contributed by atoms with Gasteiger partial charge in [-0.3, -0.25) is 4.79 Å². The van der Waals surface area contributed by atoms with Crippen molar-refractivity contribution in [2.45, 2.75) is 44.9 Å². The first-order valence-corrected chi connectivity index (χ1v) is 10.4. The predicted molar refractivity (Wildman–Crippen MR) is 113 cm³/mol. The van der Waals surface area contributed by atoms with E-state index in [9.17, 15) is 14.7 Å². The average Bonchev–Trinajstić information content (AvgIpc) is 3.13. The molecule has 1 fully saturated rings. The van der Waals surface area contributed by atoms with Crippen molar-refractivity contribution in [1.82, 2.24) is 4.90 Å². The van der Waals surface area contributed by atoms with Gasteiger partial charge < -0.3 is 14.6 Å². The molecule has 0 aromatic heterocycles. The van der Waals surface area contributed by atoms with Gasteiger partial charge in [0.1, 0.15) is 6.61 Å². The Kier molecular flexibility index (Phi) is 7.99. The molecule has 3 rings (SSSR count). The van der Waals surface area contributed by atoms with Crippen LogP contribution in [0.1, 0.15) is 30.9 Å². The number of ether oxygens (including phenoxy) is 2. The van der Waals surface area contributed by atoms with E-state index in [4.69, 9.17) is 9.47 Å². The lowest BCUT2D eigenvalue weighted by atomic mass is 9.97. The van der Waals surface area contributed by atoms with Crippen LogP contribution in [0.25, 0.3) is 0 Å². The molecule has 2 amide bonds. The zero-order valence-electron chi connectivity index (χ0n) is 17.3. The van der Waals surface area contributed by atoms with E-state index < -0.39 is 24.0 Å². The van der Waals surface area contributed by atoms with E-state index in [0.717, 1.165) is 11.1 Å². The Morgan fingerprint density at radius 3 is 2.43 bits per heavy atom. The van der Waals surface area contributed by atoms with Crippen LogP contribution in [-0.2, 0) is 27.3 Å². The number of nitrogens with zero attached hydrogens (tertiary/aromatic N) is 1. The van der Waals surface area contributed by atoms with Crippen molar-refractivity contribution in [1.29, 1.82) is 0 Å². The topological polar surface area (TPSA) is 76.1 Å². The summed E-state index contributed by atoms with van der Waals surface area (Å²) in [5.74, 6) is -1.08. The summed E-state index contributed by atoms with van der Waals surface area (Å²) in [7, 11) is 0. The molecule has 1 N–H and O–H groups in total. The summed E-state index contributed by atoms with van der Waals surface area (Å²) in [6.07, 6.45) is 0.112. The number of cyclic esters (lactones) is 1. The molecule has 30 heavy (non-hydrogen) atoms. The fourth-order valence-corrected chi connectivity index (χ4v) is 3.56. The number of benzene rings is 2. The molecular formula is C24H29NO5. The first kappa shape index (κ1) is 22.0. The van der Waals surface area contributed by atoms with E-state index in [2.05, 4.69) is 0 Å². The van der Waals surface area contributed by atoms with Gasteiger partial charge in [-0.15, -0.1) is 0 Å². The molecule has 1 aliphatic rings. The standard InChI is InChI=1S/C24H29NO5/c1-18(22(26)13-8-14-29-16-20-11-6-3-7-12-20)23(27)25-21(17-30-24(25)28)15-19-9-4-2-5-10-19/h2-7,9-12,18,21-22,26H,8,13-17H2,1H3/t18-,21-,22-/m1/s1. The van der Waals surface area contributed by atoms with Crippen LogP contribution in [0.2, 0.25) is 0 Å². The first-order valence-electron chi connectivity index (χ1n) is 10.4. The van der Waals surface area contributed by atoms with E-state index in [1.807, 2.05) is 60.7 Å². The number of amides is 2. The highest BCUT2D eigenvalue weighted by Crippen LogP contribution is 2.22. The Balaban J connectivity index is 1.46. The normalized spacial score (nSPS) is 18.1. The van der Waals surface area contributed by atoms with Crippen LogP contribution < -0.4 is 0 Å². The third-order valence-electron chi connectivity index (χ3n) is 5.38. The number of rotatable bonds is 10. The molecule has 0 unspecified atom stereocenters. The molecule has 1 heterocycles. The Hall–Kier alpha value is -2.70. The van der Waals surface area contributed by atoms with Gasteiger partial charge in [0, 0.05) is 6.61 Å². The minimum atomic E-state index is -0.844. The van der Waals surface area contributed by atoms with Gasteiger partial charge in [-0.25, -0.2) is 9.69 Å². The molecule has 6 heteroatoms. The molecule has 0 bridgehead atoms. The Morgan fingerprint density at radius 2 is 1.77 bits per heavy atom. The van der Waals surface area contributed by atoms with Gasteiger partial charge in [0.25, 0.3) is 0 Å². The number of aliphatic hydroxyl groups excluding tert-OH is 1. The van der Waals surface area contributed by atoms with Gasteiger partial charge >= 0.3 is 6.09 Å². The largest absolute Gasteiger partial charge is 0.447 e. The first-order chi connectivity index (χ1) is 14.6. The molecule has 6 nitrogen and oxygen atoms in total. The summed E-state index contributed by atoms with van der Waals surface area (Å²) < 4.78 is 10.8. The lowest BCUT2D eigenvalue weighted by molar-refractivity contribution is -0.136. The maximum absolute atomic E-state index is 12.9. The monoisotopic (exact) mass is 411 g/mol. The maximum atomic E-state index is 12.9. The summed E-state index contributed by atoms with van der Waals surface area (Å²) in [6, 6.07) is 19.2. The van der Waals surface area contributed by atoms with Crippen LogP contribution in [-0.4, -0.2) is 47.4 Å². The van der Waals surface area contributed by atoms with E-state index in [1.165, 1.54) is 4.90 Å². The van der Waals surface area contributed by atoms with Gasteiger partial charge in [-0.05, 0) is 30.4 Å². The number of carbonyl (C=O) groups is 2. The van der Waals surface area contributed by atoms with Crippen LogP contribution >= 0.6 is 0 Å². The van der Waals surface area contributed by atoms with Gasteiger partial charge in [-0.2, -0.15) is 0 Å². The summed E-state index contributed by atoms with van der Waals surface area (Å²) in [4.78, 5) is 26.2. The number of carbonyl (C=O) groups excluding carboxylic acids is 2. The molecule has 0 spiro atoms.